The highest BCUT2D eigenvalue weighted by atomic mass is 31.2. The summed E-state index contributed by atoms with van der Waals surface area (Å²) >= 11 is 0. The van der Waals surface area contributed by atoms with Gasteiger partial charge in [-0.25, -0.2) is 9.78 Å². The third-order valence-corrected chi connectivity index (χ3v) is 4.84. The van der Waals surface area contributed by atoms with Crippen molar-refractivity contribution in [2.75, 3.05) is 19.8 Å². The first kappa shape index (κ1) is 18.4. The van der Waals surface area contributed by atoms with Crippen LogP contribution in [0.4, 0.5) is 0 Å². The van der Waals surface area contributed by atoms with Crippen LogP contribution in [-0.2, 0) is 18.3 Å². The molecule has 24 heavy (non-hydrogen) atoms. The zero-order valence-electron chi connectivity index (χ0n) is 14.0. The molecule has 0 aliphatic carbocycles. The van der Waals surface area contributed by atoms with Gasteiger partial charge in [0.15, 0.2) is 5.69 Å². The molecule has 0 aromatic carbocycles. The van der Waals surface area contributed by atoms with E-state index in [1.54, 1.807) is 49.4 Å². The van der Waals surface area contributed by atoms with Crippen LogP contribution in [0, 0.1) is 0 Å². The molecular formula is C16H21N2O5P. The van der Waals surface area contributed by atoms with Crippen LogP contribution in [0.5, 0.6) is 0 Å². The van der Waals surface area contributed by atoms with E-state index in [0.29, 0.717) is 17.0 Å². The molecule has 0 aliphatic rings. The minimum absolute atomic E-state index is 0.269. The number of pyridine rings is 1. The molecule has 7 nitrogen and oxygen atoms in total. The van der Waals surface area contributed by atoms with Gasteiger partial charge in [0.2, 0.25) is 0 Å². The molecule has 2 aromatic heterocycles. The number of carbonyl (C=O) groups is 1. The molecule has 0 saturated heterocycles. The number of esters is 1. The van der Waals surface area contributed by atoms with Crippen LogP contribution in [-0.4, -0.2) is 35.2 Å². The van der Waals surface area contributed by atoms with Crippen molar-refractivity contribution in [3.05, 3.63) is 41.6 Å². The largest absolute Gasteiger partial charge is 0.461 e. The van der Waals surface area contributed by atoms with Crippen molar-refractivity contribution in [3.63, 3.8) is 0 Å². The highest BCUT2D eigenvalue weighted by Gasteiger charge is 2.20. The van der Waals surface area contributed by atoms with E-state index in [-0.39, 0.29) is 19.8 Å². The lowest BCUT2D eigenvalue weighted by atomic mass is 10.3. The van der Waals surface area contributed by atoms with Crippen LogP contribution < -0.4 is 0 Å². The number of hydrogen-bond acceptors (Lipinski definition) is 6. The third-order valence-electron chi connectivity index (χ3n) is 3.09. The fraction of sp³-hybridized carbons (Fsp3) is 0.375. The molecule has 0 amide bonds. The zero-order chi connectivity index (χ0) is 17.6. The summed E-state index contributed by atoms with van der Waals surface area (Å²) in [5, 5.41) is 0. The number of nitrogens with zero attached hydrogens (tertiary/aromatic N) is 2. The van der Waals surface area contributed by atoms with E-state index in [1.165, 1.54) is 12.0 Å². The Bertz CT molecular complexity index is 774. The molecule has 0 saturated carbocycles. The molecule has 0 atom stereocenters. The summed E-state index contributed by atoms with van der Waals surface area (Å²) in [6.45, 7) is 6.04. The maximum absolute atomic E-state index is 12.5. The Morgan fingerprint density at radius 1 is 1.21 bits per heavy atom. The molecule has 0 aliphatic heterocycles. The standard InChI is InChI=1S/C16H21N2O5P/c1-4-21-16(19)14-12-17-15-9-7-8-13(18(14)15)10-11-24(20,22-5-2)23-6-3/h7-12H,4-6H2,1-3H3/b11-10+. The average Bonchev–Trinajstić information content (AvgIpc) is 2.98. The first-order chi connectivity index (χ1) is 11.5. The number of ether oxygens (including phenoxy) is 1. The molecular weight excluding hydrogens is 331 g/mol. The fourth-order valence-electron chi connectivity index (χ4n) is 2.19. The van der Waals surface area contributed by atoms with E-state index in [1.807, 2.05) is 0 Å². The van der Waals surface area contributed by atoms with Gasteiger partial charge >= 0.3 is 13.6 Å². The number of carbonyl (C=O) groups excluding carboxylic acids is 1. The number of imidazole rings is 1. The van der Waals surface area contributed by atoms with Gasteiger partial charge in [0.1, 0.15) is 5.65 Å². The summed E-state index contributed by atoms with van der Waals surface area (Å²) in [4.78, 5) is 16.3. The van der Waals surface area contributed by atoms with Crippen LogP contribution >= 0.6 is 7.60 Å². The van der Waals surface area contributed by atoms with Crippen molar-refractivity contribution in [1.29, 1.82) is 0 Å². The van der Waals surface area contributed by atoms with Crippen molar-refractivity contribution < 1.29 is 23.1 Å². The maximum Gasteiger partial charge on any atom is 0.356 e. The average molecular weight is 352 g/mol. The lowest BCUT2D eigenvalue weighted by Gasteiger charge is -2.12. The normalized spacial score (nSPS) is 12.1. The Hall–Kier alpha value is -1.95. The highest BCUT2D eigenvalue weighted by Crippen LogP contribution is 2.50. The van der Waals surface area contributed by atoms with Crippen molar-refractivity contribution in [2.24, 2.45) is 0 Å². The quantitative estimate of drug-likeness (QED) is 0.532. The van der Waals surface area contributed by atoms with E-state index in [4.69, 9.17) is 13.8 Å². The first-order valence-corrected chi connectivity index (χ1v) is 9.37. The molecule has 130 valence electrons. The fourth-order valence-corrected chi connectivity index (χ4v) is 3.49. The second-order valence-corrected chi connectivity index (χ2v) is 6.59. The van der Waals surface area contributed by atoms with Crippen molar-refractivity contribution in [1.82, 2.24) is 9.38 Å². The van der Waals surface area contributed by atoms with Gasteiger partial charge in [0.05, 0.1) is 26.0 Å². The number of aromatic nitrogens is 2. The Balaban J connectivity index is 2.45. The summed E-state index contributed by atoms with van der Waals surface area (Å²) in [5.74, 6) is 0.924. The van der Waals surface area contributed by atoms with E-state index in [2.05, 4.69) is 4.98 Å². The van der Waals surface area contributed by atoms with E-state index in [0.717, 1.165) is 0 Å². The predicted octanol–water partition coefficient (Wildman–Crippen LogP) is 3.75. The minimum Gasteiger partial charge on any atom is -0.461 e. The lowest BCUT2D eigenvalue weighted by Crippen LogP contribution is -2.09. The summed E-state index contributed by atoms with van der Waals surface area (Å²) in [5.41, 5.74) is 1.50. The summed E-state index contributed by atoms with van der Waals surface area (Å²) < 4.78 is 29.7. The Labute approximate surface area is 140 Å². The second kappa shape index (κ2) is 8.24. The van der Waals surface area contributed by atoms with E-state index in [9.17, 15) is 9.36 Å². The summed E-state index contributed by atoms with van der Waals surface area (Å²) in [6.07, 6.45) is 3.05. The monoisotopic (exact) mass is 352 g/mol. The Morgan fingerprint density at radius 2 is 1.92 bits per heavy atom. The SMILES string of the molecule is CCOC(=O)c1cnc2cccc(/C=C/P(=O)(OCC)OCC)n12. The third kappa shape index (κ3) is 4.12. The van der Waals surface area contributed by atoms with Gasteiger partial charge in [-0.1, -0.05) is 6.07 Å². The molecule has 0 bridgehead atoms. The van der Waals surface area contributed by atoms with Crippen LogP contribution in [0.1, 0.15) is 37.0 Å². The topological polar surface area (TPSA) is 79.1 Å². The first-order valence-electron chi connectivity index (χ1n) is 7.76. The molecule has 2 aromatic rings. The van der Waals surface area contributed by atoms with Gasteiger partial charge in [-0.05, 0) is 39.0 Å². The maximum atomic E-state index is 12.5. The second-order valence-electron chi connectivity index (χ2n) is 4.70. The lowest BCUT2D eigenvalue weighted by molar-refractivity contribution is 0.0518. The minimum atomic E-state index is -3.33. The van der Waals surface area contributed by atoms with Gasteiger partial charge < -0.3 is 13.8 Å². The number of rotatable bonds is 8. The number of fused-ring (bicyclic) bond motifs is 1. The van der Waals surface area contributed by atoms with Crippen molar-refractivity contribution in [2.45, 2.75) is 20.8 Å². The molecule has 0 fully saturated rings. The number of hydrogen-bond donors (Lipinski definition) is 0. The Kier molecular flexibility index (Phi) is 6.31. The summed E-state index contributed by atoms with van der Waals surface area (Å²) in [7, 11) is -3.33. The molecule has 0 unspecified atom stereocenters. The smallest absolute Gasteiger partial charge is 0.356 e. The van der Waals surface area contributed by atoms with E-state index >= 15 is 0 Å². The van der Waals surface area contributed by atoms with Gasteiger partial charge in [0.25, 0.3) is 0 Å². The predicted molar refractivity (Wildman–Crippen MR) is 91.0 cm³/mol. The zero-order valence-corrected chi connectivity index (χ0v) is 14.9. The molecule has 0 radical (unpaired) electrons. The van der Waals surface area contributed by atoms with Gasteiger partial charge in [-0.15, -0.1) is 0 Å². The van der Waals surface area contributed by atoms with Gasteiger partial charge in [-0.3, -0.25) is 8.97 Å². The van der Waals surface area contributed by atoms with Gasteiger partial charge in [-0.2, -0.15) is 0 Å². The van der Waals surface area contributed by atoms with Crippen LogP contribution in [0.3, 0.4) is 0 Å². The molecule has 2 rings (SSSR count). The van der Waals surface area contributed by atoms with Crippen LogP contribution in [0.15, 0.2) is 30.2 Å². The molecule has 0 spiro atoms. The Morgan fingerprint density at radius 3 is 2.54 bits per heavy atom. The van der Waals surface area contributed by atoms with Crippen LogP contribution in [0.2, 0.25) is 0 Å². The van der Waals surface area contributed by atoms with Gasteiger partial charge in [0, 0.05) is 11.5 Å². The van der Waals surface area contributed by atoms with Crippen LogP contribution in [0.25, 0.3) is 11.7 Å². The molecule has 8 heteroatoms. The summed E-state index contributed by atoms with van der Waals surface area (Å²) in [6, 6.07) is 5.34. The highest BCUT2D eigenvalue weighted by molar-refractivity contribution is 7.57. The molecule has 0 N–H and O–H groups in total. The molecule has 2 heterocycles. The van der Waals surface area contributed by atoms with E-state index < -0.39 is 13.6 Å². The van der Waals surface area contributed by atoms with Crippen molar-refractivity contribution >= 4 is 25.3 Å². The van der Waals surface area contributed by atoms with Crippen molar-refractivity contribution in [3.8, 4) is 0 Å².